The van der Waals surface area contributed by atoms with Gasteiger partial charge in [0.25, 0.3) is 0 Å². The number of Topliss-reactive ketones (excluding diaryl/α,β-unsaturated/α-hetero) is 1. The second-order valence-electron chi connectivity index (χ2n) is 9.53. The number of anilines is 1. The van der Waals surface area contributed by atoms with Crippen molar-refractivity contribution in [2.24, 2.45) is 5.10 Å². The second-order valence-corrected chi connectivity index (χ2v) is 9.97. The van der Waals surface area contributed by atoms with Crippen LogP contribution in [0.3, 0.4) is 0 Å². The molecule has 0 fully saturated rings. The first-order chi connectivity index (χ1) is 19.9. The zero-order valence-electron chi connectivity index (χ0n) is 22.9. The highest BCUT2D eigenvalue weighted by molar-refractivity contribution is 6.38. The van der Waals surface area contributed by atoms with Crippen molar-refractivity contribution in [3.8, 4) is 5.75 Å². The van der Waals surface area contributed by atoms with Crippen LogP contribution in [-0.2, 0) is 22.7 Å². The van der Waals surface area contributed by atoms with Crippen molar-refractivity contribution in [1.29, 1.82) is 0 Å². The molecule has 1 unspecified atom stereocenters. The highest BCUT2D eigenvalue weighted by atomic mass is 35.5. The summed E-state index contributed by atoms with van der Waals surface area (Å²) >= 11 is 6.06. The number of nitrogens with zero attached hydrogens (tertiary/aromatic N) is 3. The van der Waals surface area contributed by atoms with E-state index in [0.29, 0.717) is 47.6 Å². The molecule has 0 aromatic heterocycles. The van der Waals surface area contributed by atoms with Crippen LogP contribution in [0.25, 0.3) is 0 Å². The van der Waals surface area contributed by atoms with Crippen molar-refractivity contribution < 1.29 is 19.1 Å². The summed E-state index contributed by atoms with van der Waals surface area (Å²) < 4.78 is 11.5. The Bertz CT molecular complexity index is 1540. The molecule has 5 rings (SSSR count). The van der Waals surface area contributed by atoms with Crippen molar-refractivity contribution in [3.63, 3.8) is 0 Å². The van der Waals surface area contributed by atoms with E-state index in [1.165, 1.54) is 6.92 Å². The first-order valence-electron chi connectivity index (χ1n) is 13.4. The molecule has 4 aromatic rings. The molecule has 1 aliphatic rings. The third-order valence-corrected chi connectivity index (χ3v) is 6.91. The van der Waals surface area contributed by atoms with Gasteiger partial charge in [0.05, 0.1) is 17.9 Å². The van der Waals surface area contributed by atoms with Crippen molar-refractivity contribution in [3.05, 3.63) is 130 Å². The maximum absolute atomic E-state index is 12.9. The van der Waals surface area contributed by atoms with Crippen LogP contribution >= 0.6 is 11.6 Å². The van der Waals surface area contributed by atoms with Gasteiger partial charge >= 0.3 is 5.97 Å². The Morgan fingerprint density at radius 3 is 2.22 bits per heavy atom. The van der Waals surface area contributed by atoms with E-state index >= 15 is 0 Å². The number of para-hydroxylation sites is 1. The number of hydrazone groups is 1. The van der Waals surface area contributed by atoms with Crippen molar-refractivity contribution in [2.75, 3.05) is 11.6 Å². The smallest absolute Gasteiger partial charge is 0.338 e. The molecule has 0 amide bonds. The molecule has 0 saturated carbocycles. The van der Waals surface area contributed by atoms with Crippen LogP contribution in [0.2, 0.25) is 5.02 Å². The third kappa shape index (κ3) is 6.42. The lowest BCUT2D eigenvalue weighted by atomic mass is 10.1. The number of amidine groups is 1. The molecule has 4 aromatic carbocycles. The zero-order valence-corrected chi connectivity index (χ0v) is 23.6. The number of benzene rings is 4. The summed E-state index contributed by atoms with van der Waals surface area (Å²) in [4.78, 5) is 27.2. The zero-order chi connectivity index (χ0) is 28.8. The number of halogens is 1. The minimum atomic E-state index is -0.496. The minimum absolute atomic E-state index is 0.156. The Labute approximate surface area is 244 Å². The average molecular weight is 568 g/mol. The molecule has 1 atom stereocenters. The molecule has 0 spiro atoms. The summed E-state index contributed by atoms with van der Waals surface area (Å²) in [5.74, 6) is 0.451. The maximum Gasteiger partial charge on any atom is 0.338 e. The van der Waals surface area contributed by atoms with Gasteiger partial charge in [-0.2, -0.15) is 0 Å². The topological polar surface area (TPSA) is 71.4 Å². The number of hydrogen-bond donors (Lipinski definition) is 0. The molecule has 0 bridgehead atoms. The van der Waals surface area contributed by atoms with Crippen LogP contribution in [0.4, 0.5) is 5.69 Å². The Balaban J connectivity index is 1.55. The SMILES string of the molecule is CCOC(=O)c1ccc(N2N=C(C(C)=O)N(Cc3ccccc3)C2c2ccccc2OCc2ccc(Cl)cc2)cc1. The third-order valence-electron chi connectivity index (χ3n) is 6.66. The molecule has 1 heterocycles. The Hall–Kier alpha value is -4.62. The lowest BCUT2D eigenvalue weighted by molar-refractivity contribution is -0.111. The normalized spacial score (nSPS) is 14.5. The van der Waals surface area contributed by atoms with Crippen LogP contribution in [0.1, 0.15) is 47.1 Å². The number of ketones is 1. The number of hydrogen-bond acceptors (Lipinski definition) is 7. The van der Waals surface area contributed by atoms with E-state index in [4.69, 9.17) is 26.2 Å². The predicted octanol–water partition coefficient (Wildman–Crippen LogP) is 7.02. The lowest BCUT2D eigenvalue weighted by Gasteiger charge is -2.33. The summed E-state index contributed by atoms with van der Waals surface area (Å²) in [6.07, 6.45) is -0.496. The molecule has 0 aliphatic carbocycles. The summed E-state index contributed by atoms with van der Waals surface area (Å²) in [5.41, 5.74) is 4.00. The Kier molecular flexibility index (Phi) is 8.65. The average Bonchev–Trinajstić information content (AvgIpc) is 3.37. The van der Waals surface area contributed by atoms with Crippen molar-refractivity contribution in [1.82, 2.24) is 4.90 Å². The van der Waals surface area contributed by atoms with Gasteiger partial charge in [0.1, 0.15) is 12.4 Å². The van der Waals surface area contributed by atoms with Gasteiger partial charge in [-0.05, 0) is 60.5 Å². The van der Waals surface area contributed by atoms with E-state index in [2.05, 4.69) is 0 Å². The van der Waals surface area contributed by atoms with E-state index in [-0.39, 0.29) is 5.78 Å². The number of carbonyl (C=O) groups is 2. The minimum Gasteiger partial charge on any atom is -0.488 e. The van der Waals surface area contributed by atoms with Crippen LogP contribution < -0.4 is 9.75 Å². The summed E-state index contributed by atoms with van der Waals surface area (Å²) in [6, 6.07) is 32.3. The summed E-state index contributed by atoms with van der Waals surface area (Å²) in [6.45, 7) is 4.38. The fourth-order valence-electron chi connectivity index (χ4n) is 4.71. The highest BCUT2D eigenvalue weighted by Gasteiger charge is 2.39. The number of esters is 1. The van der Waals surface area contributed by atoms with E-state index in [1.807, 2.05) is 95.9 Å². The fourth-order valence-corrected chi connectivity index (χ4v) is 4.83. The highest BCUT2D eigenvalue weighted by Crippen LogP contribution is 2.40. The van der Waals surface area contributed by atoms with Gasteiger partial charge in [-0.15, -0.1) is 5.10 Å². The van der Waals surface area contributed by atoms with Crippen molar-refractivity contribution >= 4 is 34.9 Å². The van der Waals surface area contributed by atoms with E-state index in [1.54, 1.807) is 24.1 Å². The molecule has 8 heteroatoms. The number of rotatable bonds is 10. The predicted molar refractivity (Wildman–Crippen MR) is 160 cm³/mol. The van der Waals surface area contributed by atoms with Gasteiger partial charge in [-0.25, -0.2) is 9.80 Å². The largest absolute Gasteiger partial charge is 0.488 e. The molecule has 1 aliphatic heterocycles. The second kappa shape index (κ2) is 12.7. The molecule has 0 radical (unpaired) electrons. The lowest BCUT2D eigenvalue weighted by Crippen LogP contribution is -2.37. The molecule has 41 heavy (non-hydrogen) atoms. The van der Waals surface area contributed by atoms with Crippen LogP contribution in [0, 0.1) is 0 Å². The maximum atomic E-state index is 12.9. The van der Waals surface area contributed by atoms with Gasteiger partial charge in [-0.1, -0.05) is 72.3 Å². The van der Waals surface area contributed by atoms with Gasteiger partial charge in [-0.3, -0.25) is 4.79 Å². The fraction of sp³-hybridized carbons (Fsp3) is 0.182. The summed E-state index contributed by atoms with van der Waals surface area (Å²) in [7, 11) is 0. The van der Waals surface area contributed by atoms with Gasteiger partial charge < -0.3 is 14.4 Å². The van der Waals surface area contributed by atoms with Crippen LogP contribution in [0.15, 0.2) is 108 Å². The Morgan fingerprint density at radius 2 is 1.54 bits per heavy atom. The molecule has 7 nitrogen and oxygen atoms in total. The monoisotopic (exact) mass is 567 g/mol. The molecule has 208 valence electrons. The standard InChI is InChI=1S/C33H30ClN3O4/c1-3-40-33(39)26-15-19-28(20-16-26)37-32(36(31(35-37)23(2)38)21-24-9-5-4-6-10-24)29-11-7-8-12-30(29)41-22-25-13-17-27(34)18-14-25/h4-20,32H,3,21-22H2,1-2H3. The van der Waals surface area contributed by atoms with Gasteiger partial charge in [0, 0.05) is 24.1 Å². The van der Waals surface area contributed by atoms with E-state index < -0.39 is 12.1 Å². The van der Waals surface area contributed by atoms with Crippen LogP contribution in [-0.4, -0.2) is 29.1 Å². The first kappa shape index (κ1) is 27.9. The summed E-state index contributed by atoms with van der Waals surface area (Å²) in [5, 5.41) is 7.28. The van der Waals surface area contributed by atoms with E-state index in [9.17, 15) is 9.59 Å². The molecule has 0 saturated heterocycles. The quantitative estimate of drug-likeness (QED) is 0.192. The molecular weight excluding hydrogens is 538 g/mol. The van der Waals surface area contributed by atoms with Gasteiger partial charge in [0.2, 0.25) is 0 Å². The van der Waals surface area contributed by atoms with Crippen LogP contribution in [0.5, 0.6) is 5.75 Å². The van der Waals surface area contributed by atoms with E-state index in [0.717, 1.165) is 16.7 Å². The van der Waals surface area contributed by atoms with Gasteiger partial charge in [0.15, 0.2) is 17.8 Å². The van der Waals surface area contributed by atoms with Crippen molar-refractivity contribution in [2.45, 2.75) is 33.2 Å². The number of carbonyl (C=O) groups excluding carboxylic acids is 2. The molecular formula is C33H30ClN3O4. The number of ether oxygens (including phenoxy) is 2. The Morgan fingerprint density at radius 1 is 0.854 bits per heavy atom. The first-order valence-corrected chi connectivity index (χ1v) is 13.7. The molecule has 0 N–H and O–H groups in total.